The standard InChI is InChI=1S/C23H23N5O2/c1-3-14(2)26-23-25-13-18-17-10-9-16(22(29)30)11-19(17)27-21(20(18)28-23)24-12-15-7-5-4-6-8-15/h4-11,13-14H,3,12H2,1-2H3,(H,24,27)(H,29,30)(H,25,26,28). The van der Waals surface area contributed by atoms with Crippen molar-refractivity contribution in [2.75, 3.05) is 10.6 Å². The number of nitrogens with one attached hydrogen (secondary N) is 2. The largest absolute Gasteiger partial charge is 0.478 e. The molecular weight excluding hydrogens is 378 g/mol. The molecule has 0 amide bonds. The summed E-state index contributed by atoms with van der Waals surface area (Å²) in [5, 5.41) is 17.6. The first kappa shape index (κ1) is 19.6. The van der Waals surface area contributed by atoms with Crippen molar-refractivity contribution in [1.29, 1.82) is 0 Å². The summed E-state index contributed by atoms with van der Waals surface area (Å²) in [7, 11) is 0. The molecular formula is C23H23N5O2. The lowest BCUT2D eigenvalue weighted by molar-refractivity contribution is 0.0697. The van der Waals surface area contributed by atoms with E-state index >= 15 is 0 Å². The molecule has 2 heterocycles. The van der Waals surface area contributed by atoms with Gasteiger partial charge in [-0.15, -0.1) is 0 Å². The third-order valence-corrected chi connectivity index (χ3v) is 5.07. The van der Waals surface area contributed by atoms with Gasteiger partial charge in [0.1, 0.15) is 5.52 Å². The first-order chi connectivity index (χ1) is 14.5. The van der Waals surface area contributed by atoms with Crippen molar-refractivity contribution in [2.24, 2.45) is 0 Å². The number of nitrogens with zero attached hydrogens (tertiary/aromatic N) is 3. The summed E-state index contributed by atoms with van der Waals surface area (Å²) in [6.07, 6.45) is 2.72. The Balaban J connectivity index is 1.83. The van der Waals surface area contributed by atoms with Crippen LogP contribution < -0.4 is 10.6 Å². The van der Waals surface area contributed by atoms with E-state index < -0.39 is 5.97 Å². The van der Waals surface area contributed by atoms with E-state index in [0.717, 1.165) is 22.8 Å². The zero-order valence-corrected chi connectivity index (χ0v) is 16.9. The molecule has 1 atom stereocenters. The Morgan fingerprint density at radius 1 is 1.10 bits per heavy atom. The Hall–Kier alpha value is -3.74. The number of fused-ring (bicyclic) bond motifs is 3. The van der Waals surface area contributed by atoms with Gasteiger partial charge in [0.2, 0.25) is 5.95 Å². The Labute approximate surface area is 174 Å². The highest BCUT2D eigenvalue weighted by Crippen LogP contribution is 2.29. The summed E-state index contributed by atoms with van der Waals surface area (Å²) >= 11 is 0. The van der Waals surface area contributed by atoms with E-state index in [2.05, 4.69) is 29.5 Å². The van der Waals surface area contributed by atoms with E-state index in [9.17, 15) is 9.90 Å². The van der Waals surface area contributed by atoms with Crippen LogP contribution in [-0.2, 0) is 6.54 Å². The normalized spacial score (nSPS) is 12.1. The van der Waals surface area contributed by atoms with Crippen molar-refractivity contribution in [3.8, 4) is 0 Å². The van der Waals surface area contributed by atoms with Crippen LogP contribution in [-0.4, -0.2) is 32.1 Å². The van der Waals surface area contributed by atoms with E-state index in [0.29, 0.717) is 29.3 Å². The SMILES string of the molecule is CCC(C)Nc1ncc2c(n1)c(NCc1ccccc1)nc1cc(C(=O)O)ccc12. The molecule has 152 valence electrons. The molecule has 0 radical (unpaired) electrons. The second-order valence-electron chi connectivity index (χ2n) is 7.25. The number of carboxylic acid groups (broad SMARTS) is 1. The first-order valence-electron chi connectivity index (χ1n) is 9.93. The lowest BCUT2D eigenvalue weighted by Crippen LogP contribution is -2.16. The number of anilines is 2. The summed E-state index contributed by atoms with van der Waals surface area (Å²) < 4.78 is 0. The average Bonchev–Trinajstić information content (AvgIpc) is 2.77. The first-order valence-corrected chi connectivity index (χ1v) is 9.93. The highest BCUT2D eigenvalue weighted by molar-refractivity contribution is 6.09. The molecule has 1 unspecified atom stereocenters. The van der Waals surface area contributed by atoms with Crippen LogP contribution in [0, 0.1) is 0 Å². The van der Waals surface area contributed by atoms with E-state index in [1.807, 2.05) is 30.3 Å². The van der Waals surface area contributed by atoms with Crippen LogP contribution in [0.5, 0.6) is 0 Å². The molecule has 0 saturated heterocycles. The zero-order chi connectivity index (χ0) is 21.1. The molecule has 0 aliphatic heterocycles. The molecule has 30 heavy (non-hydrogen) atoms. The summed E-state index contributed by atoms with van der Waals surface area (Å²) in [5.41, 5.74) is 2.59. The molecule has 0 bridgehead atoms. The van der Waals surface area contributed by atoms with Crippen molar-refractivity contribution in [2.45, 2.75) is 32.9 Å². The highest BCUT2D eigenvalue weighted by Gasteiger charge is 2.14. The number of rotatable bonds is 7. The second-order valence-corrected chi connectivity index (χ2v) is 7.25. The van der Waals surface area contributed by atoms with E-state index in [4.69, 9.17) is 9.97 Å². The summed E-state index contributed by atoms with van der Waals surface area (Å²) in [6.45, 7) is 4.75. The highest BCUT2D eigenvalue weighted by atomic mass is 16.4. The van der Waals surface area contributed by atoms with Gasteiger partial charge in [0.05, 0.1) is 11.1 Å². The maximum atomic E-state index is 11.4. The molecule has 0 fully saturated rings. The Morgan fingerprint density at radius 3 is 2.63 bits per heavy atom. The Kier molecular flexibility index (Phi) is 5.43. The van der Waals surface area contributed by atoms with Gasteiger partial charge in [0, 0.05) is 29.6 Å². The number of aromatic nitrogens is 3. The molecule has 7 heteroatoms. The lowest BCUT2D eigenvalue weighted by atomic mass is 10.1. The molecule has 7 nitrogen and oxygen atoms in total. The fourth-order valence-electron chi connectivity index (χ4n) is 3.21. The van der Waals surface area contributed by atoms with Gasteiger partial charge in [0.15, 0.2) is 5.82 Å². The molecule has 4 aromatic rings. The van der Waals surface area contributed by atoms with Gasteiger partial charge >= 0.3 is 5.97 Å². The zero-order valence-electron chi connectivity index (χ0n) is 16.9. The van der Waals surface area contributed by atoms with Crippen LogP contribution in [0.15, 0.2) is 54.7 Å². The van der Waals surface area contributed by atoms with Gasteiger partial charge in [-0.2, -0.15) is 0 Å². The monoisotopic (exact) mass is 401 g/mol. The third-order valence-electron chi connectivity index (χ3n) is 5.07. The predicted molar refractivity (Wildman–Crippen MR) is 119 cm³/mol. The van der Waals surface area contributed by atoms with E-state index in [1.165, 1.54) is 0 Å². The molecule has 0 saturated carbocycles. The third kappa shape index (κ3) is 4.00. The van der Waals surface area contributed by atoms with Gasteiger partial charge in [-0.1, -0.05) is 43.3 Å². The molecule has 2 aromatic heterocycles. The van der Waals surface area contributed by atoms with Crippen molar-refractivity contribution in [3.63, 3.8) is 0 Å². The molecule has 4 rings (SSSR count). The fraction of sp³-hybridized carbons (Fsp3) is 0.217. The molecule has 0 aliphatic rings. The van der Waals surface area contributed by atoms with Crippen molar-refractivity contribution >= 4 is 39.5 Å². The second kappa shape index (κ2) is 8.32. The number of benzene rings is 2. The van der Waals surface area contributed by atoms with Crippen molar-refractivity contribution in [1.82, 2.24) is 15.0 Å². The summed E-state index contributed by atoms with van der Waals surface area (Å²) in [4.78, 5) is 25.3. The number of hydrogen-bond donors (Lipinski definition) is 3. The number of carboxylic acids is 1. The average molecular weight is 401 g/mol. The predicted octanol–water partition coefficient (Wildman–Crippen LogP) is 4.70. The van der Waals surface area contributed by atoms with Gasteiger partial charge in [-0.3, -0.25) is 0 Å². The van der Waals surface area contributed by atoms with Gasteiger partial charge < -0.3 is 15.7 Å². The minimum Gasteiger partial charge on any atom is -0.478 e. The maximum absolute atomic E-state index is 11.4. The van der Waals surface area contributed by atoms with Crippen LogP contribution in [0.4, 0.5) is 11.8 Å². The minimum atomic E-state index is -0.984. The quantitative estimate of drug-likeness (QED) is 0.386. The van der Waals surface area contributed by atoms with Crippen LogP contribution >= 0.6 is 0 Å². The van der Waals surface area contributed by atoms with Gasteiger partial charge in [0.25, 0.3) is 0 Å². The topological polar surface area (TPSA) is 100 Å². The number of aromatic carboxylic acids is 1. The molecule has 0 aliphatic carbocycles. The number of pyridine rings is 1. The number of hydrogen-bond acceptors (Lipinski definition) is 6. The van der Waals surface area contributed by atoms with Gasteiger partial charge in [-0.25, -0.2) is 19.7 Å². The fourth-order valence-corrected chi connectivity index (χ4v) is 3.21. The van der Waals surface area contributed by atoms with E-state index in [-0.39, 0.29) is 11.6 Å². The number of carbonyl (C=O) groups is 1. The maximum Gasteiger partial charge on any atom is 0.335 e. The van der Waals surface area contributed by atoms with Crippen LogP contribution in [0.3, 0.4) is 0 Å². The molecule has 0 spiro atoms. The Morgan fingerprint density at radius 2 is 1.90 bits per heavy atom. The minimum absolute atomic E-state index is 0.194. The Bertz CT molecular complexity index is 1210. The molecule has 3 N–H and O–H groups in total. The van der Waals surface area contributed by atoms with Crippen molar-refractivity contribution < 1.29 is 9.90 Å². The summed E-state index contributed by atoms with van der Waals surface area (Å²) in [5.74, 6) is 0.156. The van der Waals surface area contributed by atoms with E-state index in [1.54, 1.807) is 24.4 Å². The smallest absolute Gasteiger partial charge is 0.335 e. The van der Waals surface area contributed by atoms with Crippen LogP contribution in [0.1, 0.15) is 36.2 Å². The van der Waals surface area contributed by atoms with Crippen LogP contribution in [0.25, 0.3) is 21.8 Å². The van der Waals surface area contributed by atoms with Gasteiger partial charge in [-0.05, 0) is 31.0 Å². The lowest BCUT2D eigenvalue weighted by Gasteiger charge is -2.14. The van der Waals surface area contributed by atoms with Crippen molar-refractivity contribution in [3.05, 3.63) is 65.9 Å². The summed E-state index contributed by atoms with van der Waals surface area (Å²) in [6, 6.07) is 15.2. The van der Waals surface area contributed by atoms with Crippen LogP contribution in [0.2, 0.25) is 0 Å². The molecule has 2 aromatic carbocycles.